The SMILES string of the molecule is CCCNc1c(NC(=O)c2ccccc2F)c(=O)oc2ccccc12. The van der Waals surface area contributed by atoms with E-state index in [9.17, 15) is 14.0 Å². The van der Waals surface area contributed by atoms with E-state index in [-0.39, 0.29) is 11.3 Å². The second-order valence-electron chi connectivity index (χ2n) is 5.50. The van der Waals surface area contributed by atoms with Crippen molar-refractivity contribution in [1.82, 2.24) is 0 Å². The van der Waals surface area contributed by atoms with Crippen LogP contribution in [-0.4, -0.2) is 12.5 Å². The Morgan fingerprint density at radius 2 is 1.80 bits per heavy atom. The molecule has 25 heavy (non-hydrogen) atoms. The highest BCUT2D eigenvalue weighted by Gasteiger charge is 2.19. The Bertz CT molecular complexity index is 982. The average Bonchev–Trinajstić information content (AvgIpc) is 2.61. The molecule has 3 aromatic rings. The third-order valence-electron chi connectivity index (χ3n) is 3.72. The molecule has 0 spiro atoms. The molecule has 0 aliphatic carbocycles. The lowest BCUT2D eigenvalue weighted by Gasteiger charge is -2.14. The number of para-hydroxylation sites is 1. The van der Waals surface area contributed by atoms with Gasteiger partial charge in [-0.25, -0.2) is 9.18 Å². The fourth-order valence-corrected chi connectivity index (χ4v) is 2.52. The fourth-order valence-electron chi connectivity index (χ4n) is 2.52. The molecule has 3 rings (SSSR count). The monoisotopic (exact) mass is 340 g/mol. The Labute approximate surface area is 143 Å². The van der Waals surface area contributed by atoms with Crippen molar-refractivity contribution in [3.05, 3.63) is 70.3 Å². The molecular formula is C19H17FN2O3. The maximum absolute atomic E-state index is 13.8. The summed E-state index contributed by atoms with van der Waals surface area (Å²) in [7, 11) is 0. The molecule has 0 unspecified atom stereocenters. The summed E-state index contributed by atoms with van der Waals surface area (Å²) in [6.07, 6.45) is 0.829. The molecule has 0 aliphatic heterocycles. The largest absolute Gasteiger partial charge is 0.421 e. The zero-order valence-electron chi connectivity index (χ0n) is 13.6. The molecule has 0 saturated heterocycles. The van der Waals surface area contributed by atoms with Crippen molar-refractivity contribution >= 4 is 28.3 Å². The molecular weight excluding hydrogens is 323 g/mol. The Kier molecular flexibility index (Phi) is 4.79. The highest BCUT2D eigenvalue weighted by atomic mass is 19.1. The molecule has 1 amide bonds. The second kappa shape index (κ2) is 7.17. The van der Waals surface area contributed by atoms with Crippen LogP contribution in [-0.2, 0) is 0 Å². The summed E-state index contributed by atoms with van der Waals surface area (Å²) >= 11 is 0. The normalized spacial score (nSPS) is 10.6. The molecule has 0 saturated carbocycles. The number of fused-ring (bicyclic) bond motifs is 1. The van der Waals surface area contributed by atoms with Gasteiger partial charge in [0.05, 0.1) is 11.3 Å². The first-order chi connectivity index (χ1) is 12.1. The fraction of sp³-hybridized carbons (Fsp3) is 0.158. The topological polar surface area (TPSA) is 71.3 Å². The van der Waals surface area contributed by atoms with Crippen LogP contribution in [0.3, 0.4) is 0 Å². The van der Waals surface area contributed by atoms with E-state index in [0.29, 0.717) is 23.2 Å². The summed E-state index contributed by atoms with van der Waals surface area (Å²) in [5.41, 5.74) is 0.0206. The van der Waals surface area contributed by atoms with Crippen molar-refractivity contribution in [3.8, 4) is 0 Å². The first kappa shape index (κ1) is 16.7. The molecule has 6 heteroatoms. The van der Waals surface area contributed by atoms with E-state index in [2.05, 4.69) is 10.6 Å². The number of carbonyl (C=O) groups is 1. The summed E-state index contributed by atoms with van der Waals surface area (Å²) in [6.45, 7) is 2.59. The lowest BCUT2D eigenvalue weighted by molar-refractivity contribution is 0.102. The number of halogens is 1. The summed E-state index contributed by atoms with van der Waals surface area (Å²) in [5, 5.41) is 6.31. The van der Waals surface area contributed by atoms with Crippen LogP contribution in [0, 0.1) is 5.82 Å². The van der Waals surface area contributed by atoms with Crippen molar-refractivity contribution in [2.24, 2.45) is 0 Å². The zero-order valence-corrected chi connectivity index (χ0v) is 13.6. The summed E-state index contributed by atoms with van der Waals surface area (Å²) in [5.74, 6) is -1.37. The number of carbonyl (C=O) groups excluding carboxylic acids is 1. The van der Waals surface area contributed by atoms with Crippen LogP contribution < -0.4 is 16.3 Å². The Balaban J connectivity index is 2.08. The van der Waals surface area contributed by atoms with Gasteiger partial charge in [-0.3, -0.25) is 4.79 Å². The van der Waals surface area contributed by atoms with Gasteiger partial charge in [0.2, 0.25) is 0 Å². The van der Waals surface area contributed by atoms with Crippen molar-refractivity contribution in [1.29, 1.82) is 0 Å². The van der Waals surface area contributed by atoms with E-state index in [0.717, 1.165) is 6.42 Å². The van der Waals surface area contributed by atoms with Gasteiger partial charge in [-0.15, -0.1) is 0 Å². The van der Waals surface area contributed by atoms with Gasteiger partial charge in [-0.2, -0.15) is 0 Å². The Morgan fingerprint density at radius 1 is 1.08 bits per heavy atom. The minimum Gasteiger partial charge on any atom is -0.421 e. The summed E-state index contributed by atoms with van der Waals surface area (Å²) < 4.78 is 19.1. The van der Waals surface area contributed by atoms with E-state index < -0.39 is 17.3 Å². The Morgan fingerprint density at radius 3 is 2.56 bits per heavy atom. The number of hydrogen-bond acceptors (Lipinski definition) is 4. The molecule has 0 radical (unpaired) electrons. The smallest absolute Gasteiger partial charge is 0.362 e. The molecule has 128 valence electrons. The highest BCUT2D eigenvalue weighted by molar-refractivity contribution is 6.08. The van der Waals surface area contributed by atoms with Crippen LogP contribution in [0.1, 0.15) is 23.7 Å². The number of nitrogens with one attached hydrogen (secondary N) is 2. The number of anilines is 2. The number of hydrogen-bond donors (Lipinski definition) is 2. The van der Waals surface area contributed by atoms with Crippen molar-refractivity contribution < 1.29 is 13.6 Å². The predicted molar refractivity (Wildman–Crippen MR) is 95.6 cm³/mol. The van der Waals surface area contributed by atoms with Gasteiger partial charge >= 0.3 is 5.63 Å². The third-order valence-corrected chi connectivity index (χ3v) is 3.72. The summed E-state index contributed by atoms with van der Waals surface area (Å²) in [6, 6.07) is 12.6. The number of benzene rings is 2. The molecule has 1 aromatic heterocycles. The van der Waals surface area contributed by atoms with Gasteiger partial charge in [0, 0.05) is 11.9 Å². The van der Waals surface area contributed by atoms with E-state index in [1.165, 1.54) is 18.2 Å². The molecule has 2 aromatic carbocycles. The van der Waals surface area contributed by atoms with Crippen molar-refractivity contribution in [3.63, 3.8) is 0 Å². The molecule has 2 N–H and O–H groups in total. The van der Waals surface area contributed by atoms with Crippen molar-refractivity contribution in [2.75, 3.05) is 17.2 Å². The quantitative estimate of drug-likeness (QED) is 0.689. The van der Waals surface area contributed by atoms with E-state index >= 15 is 0 Å². The van der Waals surface area contributed by atoms with E-state index in [1.54, 1.807) is 24.3 Å². The molecule has 1 heterocycles. The predicted octanol–water partition coefficient (Wildman–Crippen LogP) is 4.01. The molecule has 5 nitrogen and oxygen atoms in total. The zero-order chi connectivity index (χ0) is 17.8. The highest BCUT2D eigenvalue weighted by Crippen LogP contribution is 2.29. The molecule has 0 fully saturated rings. The third kappa shape index (κ3) is 3.38. The summed E-state index contributed by atoms with van der Waals surface area (Å²) in [4.78, 5) is 24.7. The van der Waals surface area contributed by atoms with Crippen LogP contribution in [0.4, 0.5) is 15.8 Å². The van der Waals surface area contributed by atoms with Gasteiger partial charge in [-0.1, -0.05) is 31.2 Å². The van der Waals surface area contributed by atoms with Crippen molar-refractivity contribution in [2.45, 2.75) is 13.3 Å². The standard InChI is InChI=1S/C19H17FN2O3/c1-2-11-21-16-13-8-4-6-10-15(13)25-19(24)17(16)22-18(23)12-7-3-5-9-14(12)20/h3-10,21H,2,11H2,1H3,(H,22,23). The van der Waals surface area contributed by atoms with Crippen LogP contribution >= 0.6 is 0 Å². The van der Waals surface area contributed by atoms with E-state index in [1.807, 2.05) is 13.0 Å². The van der Waals surface area contributed by atoms with Gasteiger partial charge in [0.1, 0.15) is 11.4 Å². The van der Waals surface area contributed by atoms with Gasteiger partial charge in [0.25, 0.3) is 5.91 Å². The van der Waals surface area contributed by atoms with Gasteiger partial charge in [0.15, 0.2) is 5.69 Å². The molecule has 0 atom stereocenters. The maximum atomic E-state index is 13.8. The average molecular weight is 340 g/mol. The lowest BCUT2D eigenvalue weighted by atomic mass is 10.1. The van der Waals surface area contributed by atoms with Crippen LogP contribution in [0.5, 0.6) is 0 Å². The van der Waals surface area contributed by atoms with Crippen LogP contribution in [0.15, 0.2) is 57.7 Å². The van der Waals surface area contributed by atoms with Gasteiger partial charge < -0.3 is 15.1 Å². The maximum Gasteiger partial charge on any atom is 0.362 e. The van der Waals surface area contributed by atoms with Crippen LogP contribution in [0.25, 0.3) is 11.0 Å². The number of rotatable bonds is 5. The number of amides is 1. The second-order valence-corrected chi connectivity index (χ2v) is 5.50. The van der Waals surface area contributed by atoms with Gasteiger partial charge in [-0.05, 0) is 30.7 Å². The Hall–Kier alpha value is -3.15. The molecule has 0 aliphatic rings. The minimum atomic E-state index is -0.708. The van der Waals surface area contributed by atoms with E-state index in [4.69, 9.17) is 4.42 Å². The first-order valence-corrected chi connectivity index (χ1v) is 7.97. The first-order valence-electron chi connectivity index (χ1n) is 7.97. The lowest BCUT2D eigenvalue weighted by Crippen LogP contribution is -2.21. The minimum absolute atomic E-state index is 0.0274. The molecule has 0 bridgehead atoms. The van der Waals surface area contributed by atoms with Crippen LogP contribution in [0.2, 0.25) is 0 Å².